The van der Waals surface area contributed by atoms with Crippen LogP contribution in [0.5, 0.6) is 0 Å². The van der Waals surface area contributed by atoms with Crippen LogP contribution in [-0.4, -0.2) is 51.4 Å². The van der Waals surface area contributed by atoms with E-state index in [1.165, 1.54) is 30.0 Å². The second-order valence-electron chi connectivity index (χ2n) is 7.60. The molecule has 1 amide bonds. The van der Waals surface area contributed by atoms with Crippen molar-refractivity contribution < 1.29 is 23.9 Å². The summed E-state index contributed by atoms with van der Waals surface area (Å²) in [6.07, 6.45) is 0. The van der Waals surface area contributed by atoms with Crippen LogP contribution in [0, 0.1) is 6.92 Å². The average Bonchev–Trinajstić information content (AvgIpc) is 3.26. The molecule has 2 aromatic heterocycles. The van der Waals surface area contributed by atoms with Crippen molar-refractivity contribution in [3.63, 3.8) is 0 Å². The van der Waals surface area contributed by atoms with Crippen LogP contribution < -0.4 is 5.32 Å². The van der Waals surface area contributed by atoms with Crippen molar-refractivity contribution in [1.29, 1.82) is 0 Å². The summed E-state index contributed by atoms with van der Waals surface area (Å²) in [6, 6.07) is 14.2. The quantitative estimate of drug-likeness (QED) is 0.287. The Labute approximate surface area is 205 Å². The van der Waals surface area contributed by atoms with Gasteiger partial charge in [-0.2, -0.15) is 0 Å². The highest BCUT2D eigenvalue weighted by Gasteiger charge is 2.17. The highest BCUT2D eigenvalue weighted by Crippen LogP contribution is 2.26. The molecular formula is C25H24N4O5S. The zero-order valence-corrected chi connectivity index (χ0v) is 20.3. The number of carbonyl (C=O) groups is 3. The number of aryl methyl sites for hydroxylation is 1. The number of amides is 1. The highest BCUT2D eigenvalue weighted by atomic mass is 32.2. The second kappa shape index (κ2) is 10.6. The zero-order valence-electron chi connectivity index (χ0n) is 19.5. The first-order valence-corrected chi connectivity index (χ1v) is 12.0. The van der Waals surface area contributed by atoms with Crippen molar-refractivity contribution in [2.45, 2.75) is 25.9 Å². The molecule has 0 saturated heterocycles. The minimum Gasteiger partial charge on any atom is -0.462 e. The van der Waals surface area contributed by atoms with Crippen molar-refractivity contribution >= 4 is 51.8 Å². The molecule has 10 heteroatoms. The molecule has 4 aromatic rings. The summed E-state index contributed by atoms with van der Waals surface area (Å²) in [4.78, 5) is 37.2. The number of fused-ring (bicyclic) bond motifs is 3. The molecule has 9 nitrogen and oxygen atoms in total. The number of thioether (sulfide) groups is 1. The number of nitrogens with one attached hydrogen (secondary N) is 1. The van der Waals surface area contributed by atoms with Crippen LogP contribution in [-0.2, 0) is 14.3 Å². The number of hydrogen-bond donors (Lipinski definition) is 1. The third kappa shape index (κ3) is 5.27. The largest absolute Gasteiger partial charge is 0.462 e. The molecule has 2 heterocycles. The average molecular weight is 493 g/mol. The lowest BCUT2D eigenvalue weighted by atomic mass is 10.1. The predicted molar refractivity (Wildman–Crippen MR) is 133 cm³/mol. The van der Waals surface area contributed by atoms with Gasteiger partial charge in [0.2, 0.25) is 5.91 Å². The van der Waals surface area contributed by atoms with Crippen molar-refractivity contribution in [3.05, 3.63) is 65.2 Å². The van der Waals surface area contributed by atoms with E-state index in [0.717, 1.165) is 16.5 Å². The molecule has 0 saturated carbocycles. The van der Waals surface area contributed by atoms with Crippen molar-refractivity contribution in [3.8, 4) is 0 Å². The summed E-state index contributed by atoms with van der Waals surface area (Å²) < 4.78 is 12.0. The summed E-state index contributed by atoms with van der Waals surface area (Å²) >= 11 is 1.24. The summed E-state index contributed by atoms with van der Waals surface area (Å²) in [6.45, 7) is 5.76. The zero-order chi connectivity index (χ0) is 24.9. The fraction of sp³-hybridized carbons (Fsp3) is 0.240. The molecule has 0 atom stereocenters. The lowest BCUT2D eigenvalue weighted by Gasteiger charge is -2.11. The number of benzene rings is 2. The first-order valence-electron chi connectivity index (χ1n) is 11.1. The molecule has 2 aromatic carbocycles. The number of anilines is 1. The van der Waals surface area contributed by atoms with Gasteiger partial charge in [-0.25, -0.2) is 9.59 Å². The standard InChI is InChI=1S/C25H24N4O5S/c1-4-33-23(31)16-11-17(24(32)34-5-2)13-18(12-16)26-22(30)14-35-25-28-27-21-10-15(3)19-8-6-7-9-20(19)29(21)25/h6-13H,4-5,14H2,1-3H3,(H,26,30). The van der Waals surface area contributed by atoms with E-state index in [2.05, 4.69) is 15.5 Å². The van der Waals surface area contributed by atoms with E-state index in [-0.39, 0.29) is 41.7 Å². The number of aromatic nitrogens is 3. The van der Waals surface area contributed by atoms with E-state index in [1.807, 2.05) is 41.7 Å². The number of ether oxygens (including phenoxy) is 2. The third-order valence-corrected chi connectivity index (χ3v) is 6.07. The van der Waals surface area contributed by atoms with Crippen LogP contribution in [0.2, 0.25) is 0 Å². The number of rotatable bonds is 8. The van der Waals surface area contributed by atoms with E-state index in [1.54, 1.807) is 13.8 Å². The SMILES string of the molecule is CCOC(=O)c1cc(NC(=O)CSc2nnc3cc(C)c4ccccc4n23)cc(C(=O)OCC)c1. The minimum absolute atomic E-state index is 0.0430. The van der Waals surface area contributed by atoms with E-state index < -0.39 is 11.9 Å². The number of nitrogens with zero attached hydrogens (tertiary/aromatic N) is 3. The first-order chi connectivity index (χ1) is 16.9. The Morgan fingerprint density at radius 1 is 0.943 bits per heavy atom. The molecule has 0 aliphatic rings. The topological polar surface area (TPSA) is 112 Å². The number of esters is 2. The van der Waals surface area contributed by atoms with Gasteiger partial charge in [0.05, 0.1) is 35.6 Å². The van der Waals surface area contributed by atoms with Crippen LogP contribution >= 0.6 is 11.8 Å². The molecule has 0 radical (unpaired) electrons. The van der Waals surface area contributed by atoms with Crippen molar-refractivity contribution in [1.82, 2.24) is 14.6 Å². The Kier molecular flexibility index (Phi) is 7.31. The van der Waals surface area contributed by atoms with Gasteiger partial charge < -0.3 is 14.8 Å². The maximum atomic E-state index is 12.8. The van der Waals surface area contributed by atoms with Gasteiger partial charge in [0.25, 0.3) is 0 Å². The van der Waals surface area contributed by atoms with E-state index >= 15 is 0 Å². The summed E-state index contributed by atoms with van der Waals surface area (Å²) in [5.41, 5.74) is 3.32. The molecule has 0 unspecified atom stereocenters. The number of para-hydroxylation sites is 1. The maximum Gasteiger partial charge on any atom is 0.338 e. The van der Waals surface area contributed by atoms with Gasteiger partial charge in [-0.05, 0) is 56.7 Å². The van der Waals surface area contributed by atoms with Crippen LogP contribution in [0.1, 0.15) is 40.1 Å². The highest BCUT2D eigenvalue weighted by molar-refractivity contribution is 7.99. The fourth-order valence-electron chi connectivity index (χ4n) is 3.66. The lowest BCUT2D eigenvalue weighted by molar-refractivity contribution is -0.113. The summed E-state index contributed by atoms with van der Waals surface area (Å²) in [5, 5.41) is 12.9. The molecule has 35 heavy (non-hydrogen) atoms. The van der Waals surface area contributed by atoms with Crippen LogP contribution in [0.25, 0.3) is 16.6 Å². The molecular weight excluding hydrogens is 468 g/mol. The van der Waals surface area contributed by atoms with Crippen LogP contribution in [0.15, 0.2) is 53.7 Å². The van der Waals surface area contributed by atoms with Gasteiger partial charge in [-0.15, -0.1) is 10.2 Å². The fourth-order valence-corrected chi connectivity index (χ4v) is 4.41. The first kappa shape index (κ1) is 24.2. The van der Waals surface area contributed by atoms with Crippen molar-refractivity contribution in [2.75, 3.05) is 24.3 Å². The maximum absolute atomic E-state index is 12.8. The molecule has 4 rings (SSSR count). The van der Waals surface area contributed by atoms with Gasteiger partial charge in [-0.1, -0.05) is 30.0 Å². The van der Waals surface area contributed by atoms with Crippen LogP contribution in [0.4, 0.5) is 5.69 Å². The molecule has 0 fully saturated rings. The Morgan fingerprint density at radius 2 is 1.60 bits per heavy atom. The normalized spacial score (nSPS) is 10.9. The molecule has 1 N–H and O–H groups in total. The molecule has 180 valence electrons. The Hall–Kier alpha value is -3.92. The van der Waals surface area contributed by atoms with Crippen LogP contribution in [0.3, 0.4) is 0 Å². The van der Waals surface area contributed by atoms with Gasteiger partial charge >= 0.3 is 11.9 Å². The van der Waals surface area contributed by atoms with E-state index in [0.29, 0.717) is 10.8 Å². The predicted octanol–water partition coefficient (Wildman–Crippen LogP) is 4.28. The number of carbonyl (C=O) groups excluding carboxylic acids is 3. The second-order valence-corrected chi connectivity index (χ2v) is 8.54. The Balaban J connectivity index is 1.55. The number of hydrogen-bond acceptors (Lipinski definition) is 8. The van der Waals surface area contributed by atoms with Gasteiger partial charge in [0.1, 0.15) is 0 Å². The lowest BCUT2D eigenvalue weighted by Crippen LogP contribution is -2.16. The molecule has 0 aliphatic heterocycles. The Morgan fingerprint density at radius 3 is 2.26 bits per heavy atom. The number of pyridine rings is 1. The molecule has 0 spiro atoms. The van der Waals surface area contributed by atoms with Gasteiger partial charge in [-0.3, -0.25) is 9.20 Å². The molecule has 0 aliphatic carbocycles. The Bertz CT molecular complexity index is 1400. The third-order valence-electron chi connectivity index (χ3n) is 5.15. The van der Waals surface area contributed by atoms with Gasteiger partial charge in [0.15, 0.2) is 10.8 Å². The monoisotopic (exact) mass is 492 g/mol. The van der Waals surface area contributed by atoms with E-state index in [9.17, 15) is 14.4 Å². The van der Waals surface area contributed by atoms with Gasteiger partial charge in [0, 0.05) is 11.1 Å². The summed E-state index contributed by atoms with van der Waals surface area (Å²) in [7, 11) is 0. The van der Waals surface area contributed by atoms with E-state index in [4.69, 9.17) is 9.47 Å². The smallest absolute Gasteiger partial charge is 0.338 e. The molecule has 0 bridgehead atoms. The summed E-state index contributed by atoms with van der Waals surface area (Å²) in [5.74, 6) is -1.48. The minimum atomic E-state index is -0.597. The van der Waals surface area contributed by atoms with Crippen molar-refractivity contribution in [2.24, 2.45) is 0 Å².